The largest absolute Gasteiger partial charge is 0.454 e. The van der Waals surface area contributed by atoms with E-state index in [2.05, 4.69) is 6.58 Å². The molecule has 0 fully saturated rings. The van der Waals surface area contributed by atoms with E-state index in [0.29, 0.717) is 22.8 Å². The smallest absolute Gasteiger partial charge is 0.263 e. The molecule has 1 aliphatic rings. The first-order valence-electron chi connectivity index (χ1n) is 9.45. The highest BCUT2D eigenvalue weighted by Crippen LogP contribution is 2.35. The Morgan fingerprint density at radius 1 is 1.13 bits per heavy atom. The molecule has 0 atom stereocenters. The summed E-state index contributed by atoms with van der Waals surface area (Å²) in [5, 5.41) is 1.33. The van der Waals surface area contributed by atoms with E-state index in [0.717, 1.165) is 32.3 Å². The zero-order chi connectivity index (χ0) is 20.5. The average molecular weight is 435 g/mol. The topological polar surface area (TPSA) is 53.4 Å². The van der Waals surface area contributed by atoms with Crippen LogP contribution in [0.5, 0.6) is 11.5 Å². The van der Waals surface area contributed by atoms with Crippen molar-refractivity contribution in [2.75, 3.05) is 6.79 Å². The van der Waals surface area contributed by atoms with Crippen molar-refractivity contribution in [3.05, 3.63) is 83.2 Å². The fourth-order valence-corrected chi connectivity index (χ4v) is 5.35. The second-order valence-corrected chi connectivity index (χ2v) is 8.74. The van der Waals surface area contributed by atoms with Gasteiger partial charge in [-0.2, -0.15) is 0 Å². The standard InChI is InChI=1S/C23H18N2O3S2/c1-2-10-25-22(26)17-12-20(16-6-4-3-5-7-16)30-21(17)24-23(25)29-13-15-8-9-18-19(11-15)28-14-27-18/h2-9,11-12H,1,10,13-14H2. The molecule has 0 radical (unpaired) electrons. The third-order valence-corrected chi connectivity index (χ3v) is 6.92. The molecule has 5 nitrogen and oxygen atoms in total. The van der Waals surface area contributed by atoms with Gasteiger partial charge >= 0.3 is 0 Å². The lowest BCUT2D eigenvalue weighted by molar-refractivity contribution is 0.174. The Bertz CT molecular complexity index is 1300. The van der Waals surface area contributed by atoms with Crippen molar-refractivity contribution in [3.63, 3.8) is 0 Å². The monoisotopic (exact) mass is 434 g/mol. The number of thioether (sulfide) groups is 1. The van der Waals surface area contributed by atoms with Crippen LogP contribution in [-0.2, 0) is 12.3 Å². The molecule has 0 N–H and O–H groups in total. The van der Waals surface area contributed by atoms with Gasteiger partial charge in [0.2, 0.25) is 6.79 Å². The van der Waals surface area contributed by atoms with Crippen molar-refractivity contribution in [2.24, 2.45) is 0 Å². The van der Waals surface area contributed by atoms with Crippen LogP contribution in [0.2, 0.25) is 0 Å². The lowest BCUT2D eigenvalue weighted by atomic mass is 10.2. The lowest BCUT2D eigenvalue weighted by Crippen LogP contribution is -2.22. The molecule has 0 amide bonds. The van der Waals surface area contributed by atoms with Gasteiger partial charge in [-0.25, -0.2) is 4.98 Å². The van der Waals surface area contributed by atoms with Crippen LogP contribution in [-0.4, -0.2) is 16.3 Å². The molecule has 0 bridgehead atoms. The minimum absolute atomic E-state index is 0.0356. The summed E-state index contributed by atoms with van der Waals surface area (Å²) in [5.74, 6) is 2.19. The molecule has 0 saturated heterocycles. The first kappa shape index (κ1) is 19.0. The van der Waals surface area contributed by atoms with Gasteiger partial charge in [-0.05, 0) is 29.3 Å². The Morgan fingerprint density at radius 2 is 1.97 bits per heavy atom. The number of thiophene rings is 1. The molecule has 2 aromatic heterocycles. The van der Waals surface area contributed by atoms with E-state index in [1.165, 1.54) is 11.8 Å². The number of hydrogen-bond acceptors (Lipinski definition) is 6. The third kappa shape index (κ3) is 3.51. The second kappa shape index (κ2) is 8.01. The van der Waals surface area contributed by atoms with Crippen molar-refractivity contribution < 1.29 is 9.47 Å². The number of ether oxygens (including phenoxy) is 2. The first-order valence-corrected chi connectivity index (χ1v) is 11.2. The molecule has 0 unspecified atom stereocenters. The molecule has 2 aromatic carbocycles. The van der Waals surface area contributed by atoms with E-state index in [1.54, 1.807) is 22.0 Å². The van der Waals surface area contributed by atoms with Crippen molar-refractivity contribution in [3.8, 4) is 21.9 Å². The maximum absolute atomic E-state index is 13.2. The molecule has 30 heavy (non-hydrogen) atoms. The van der Waals surface area contributed by atoms with Gasteiger partial charge in [0.25, 0.3) is 5.56 Å². The van der Waals surface area contributed by atoms with E-state index in [1.807, 2.05) is 54.6 Å². The van der Waals surface area contributed by atoms with E-state index in [9.17, 15) is 4.79 Å². The molecular formula is C23H18N2O3S2. The molecule has 4 aromatic rings. The Kier molecular flexibility index (Phi) is 5.06. The number of aromatic nitrogens is 2. The van der Waals surface area contributed by atoms with Crippen molar-refractivity contribution in [1.29, 1.82) is 0 Å². The number of benzene rings is 2. The van der Waals surface area contributed by atoms with Gasteiger partial charge < -0.3 is 9.47 Å². The highest BCUT2D eigenvalue weighted by molar-refractivity contribution is 7.98. The molecule has 150 valence electrons. The summed E-state index contributed by atoms with van der Waals surface area (Å²) in [7, 11) is 0. The van der Waals surface area contributed by atoms with E-state index in [4.69, 9.17) is 14.5 Å². The zero-order valence-corrected chi connectivity index (χ0v) is 17.7. The maximum Gasteiger partial charge on any atom is 0.263 e. The zero-order valence-electron chi connectivity index (χ0n) is 16.0. The SMILES string of the molecule is C=CCn1c(SCc2ccc3c(c2)OCO3)nc2sc(-c3ccccc3)cc2c1=O. The van der Waals surface area contributed by atoms with Crippen LogP contribution in [0.3, 0.4) is 0 Å². The predicted octanol–water partition coefficient (Wildman–Crippen LogP) is 5.33. The van der Waals surface area contributed by atoms with Crippen LogP contribution in [0.15, 0.2) is 77.2 Å². The average Bonchev–Trinajstić information content (AvgIpc) is 3.42. The quantitative estimate of drug-likeness (QED) is 0.233. The fraction of sp³-hybridized carbons (Fsp3) is 0.130. The van der Waals surface area contributed by atoms with Crippen LogP contribution >= 0.6 is 23.1 Å². The van der Waals surface area contributed by atoms with E-state index in [-0.39, 0.29) is 12.4 Å². The van der Waals surface area contributed by atoms with Crippen molar-refractivity contribution in [2.45, 2.75) is 17.5 Å². The van der Waals surface area contributed by atoms with Gasteiger partial charge in [0.05, 0.1) is 5.39 Å². The highest BCUT2D eigenvalue weighted by atomic mass is 32.2. The Labute approximate surface area is 181 Å². The van der Waals surface area contributed by atoms with E-state index >= 15 is 0 Å². The highest BCUT2D eigenvalue weighted by Gasteiger charge is 2.16. The number of hydrogen-bond donors (Lipinski definition) is 0. The fourth-order valence-electron chi connectivity index (χ4n) is 3.32. The molecule has 0 spiro atoms. The summed E-state index contributed by atoms with van der Waals surface area (Å²) in [4.78, 5) is 19.8. The molecule has 3 heterocycles. The molecule has 5 rings (SSSR count). The summed E-state index contributed by atoms with van der Waals surface area (Å²) in [6, 6.07) is 17.9. The summed E-state index contributed by atoms with van der Waals surface area (Å²) in [6.07, 6.45) is 1.73. The maximum atomic E-state index is 13.2. The Morgan fingerprint density at radius 3 is 2.80 bits per heavy atom. The van der Waals surface area contributed by atoms with Gasteiger partial charge in [-0.1, -0.05) is 54.2 Å². The van der Waals surface area contributed by atoms with Crippen LogP contribution in [0.1, 0.15) is 5.56 Å². The second-order valence-electron chi connectivity index (χ2n) is 6.77. The van der Waals surface area contributed by atoms with Crippen molar-refractivity contribution in [1.82, 2.24) is 9.55 Å². The minimum atomic E-state index is -0.0356. The van der Waals surface area contributed by atoms with E-state index < -0.39 is 0 Å². The number of nitrogens with zero attached hydrogens (tertiary/aromatic N) is 2. The predicted molar refractivity (Wildman–Crippen MR) is 122 cm³/mol. The molecule has 0 aliphatic carbocycles. The van der Waals surface area contributed by atoms with Crippen molar-refractivity contribution >= 4 is 33.3 Å². The first-order chi connectivity index (χ1) is 14.7. The van der Waals surface area contributed by atoms with Gasteiger partial charge in [0.1, 0.15) is 4.83 Å². The Hall–Kier alpha value is -3.03. The van der Waals surface area contributed by atoms with Crippen LogP contribution in [0, 0.1) is 0 Å². The summed E-state index contributed by atoms with van der Waals surface area (Å²) in [6.45, 7) is 4.48. The van der Waals surface area contributed by atoms with Gasteiger partial charge in [0, 0.05) is 17.2 Å². The van der Waals surface area contributed by atoms with Gasteiger partial charge in [0.15, 0.2) is 16.7 Å². The number of rotatable bonds is 6. The number of fused-ring (bicyclic) bond motifs is 2. The van der Waals surface area contributed by atoms with Crippen LogP contribution in [0.25, 0.3) is 20.7 Å². The van der Waals surface area contributed by atoms with Crippen LogP contribution in [0.4, 0.5) is 0 Å². The normalized spacial score (nSPS) is 12.4. The number of allylic oxidation sites excluding steroid dienone is 1. The minimum Gasteiger partial charge on any atom is -0.454 e. The third-order valence-electron chi connectivity index (χ3n) is 4.79. The Balaban J connectivity index is 1.51. The summed E-state index contributed by atoms with van der Waals surface area (Å²) in [5.41, 5.74) is 2.14. The molecular weight excluding hydrogens is 416 g/mol. The lowest BCUT2D eigenvalue weighted by Gasteiger charge is -2.10. The van der Waals surface area contributed by atoms with Gasteiger partial charge in [-0.3, -0.25) is 9.36 Å². The summed E-state index contributed by atoms with van der Waals surface area (Å²) < 4.78 is 12.5. The van der Waals surface area contributed by atoms with Crippen LogP contribution < -0.4 is 15.0 Å². The van der Waals surface area contributed by atoms with Gasteiger partial charge in [-0.15, -0.1) is 17.9 Å². The molecule has 1 aliphatic heterocycles. The molecule has 0 saturated carbocycles. The summed E-state index contributed by atoms with van der Waals surface area (Å²) >= 11 is 3.08. The molecule has 7 heteroatoms.